The van der Waals surface area contributed by atoms with Crippen LogP contribution in [0.2, 0.25) is 0 Å². The molecule has 1 aliphatic carbocycles. The van der Waals surface area contributed by atoms with Crippen LogP contribution in [0.25, 0.3) is 0 Å². The fraction of sp³-hybridized carbons (Fsp3) is 0.600. The number of carbonyl (C=O) groups excluding carboxylic acids is 3. The van der Waals surface area contributed by atoms with Crippen LogP contribution in [0.5, 0.6) is 0 Å². The lowest BCUT2D eigenvalue weighted by Crippen LogP contribution is -2.67. The molecule has 2 heterocycles. The van der Waals surface area contributed by atoms with E-state index in [1.165, 1.54) is 11.8 Å². The molecule has 9 nitrogen and oxygen atoms in total. The van der Waals surface area contributed by atoms with Gasteiger partial charge in [0.25, 0.3) is 0 Å². The SMILES string of the molecule is Cc1ccccc1NC(=O)CSC1=NNC2N(CCC(=O)NCC(C)C)C(=O)C3CCCCC3N12. The fourth-order valence-corrected chi connectivity index (χ4v) is 5.78. The van der Waals surface area contributed by atoms with Crippen molar-refractivity contribution < 1.29 is 14.4 Å². The number of hydrazone groups is 1. The van der Waals surface area contributed by atoms with Crippen molar-refractivity contribution in [2.24, 2.45) is 16.9 Å². The molecule has 3 aliphatic rings. The van der Waals surface area contributed by atoms with E-state index in [1.807, 2.05) is 31.2 Å². The minimum absolute atomic E-state index is 0.0507. The first kappa shape index (κ1) is 25.3. The number of fused-ring (bicyclic) bond motifs is 3. The highest BCUT2D eigenvalue weighted by molar-refractivity contribution is 8.14. The highest BCUT2D eigenvalue weighted by Crippen LogP contribution is 2.38. The van der Waals surface area contributed by atoms with Gasteiger partial charge in [-0.15, -0.1) is 0 Å². The summed E-state index contributed by atoms with van der Waals surface area (Å²) < 4.78 is 0. The van der Waals surface area contributed by atoms with E-state index in [0.717, 1.165) is 42.1 Å². The molecule has 4 rings (SSSR count). The maximum atomic E-state index is 13.4. The molecule has 0 bridgehead atoms. The lowest BCUT2D eigenvalue weighted by Gasteiger charge is -2.50. The average molecular weight is 501 g/mol. The third kappa shape index (κ3) is 5.91. The summed E-state index contributed by atoms with van der Waals surface area (Å²) in [7, 11) is 0. The van der Waals surface area contributed by atoms with Gasteiger partial charge in [-0.2, -0.15) is 5.10 Å². The van der Waals surface area contributed by atoms with Gasteiger partial charge in [-0.05, 0) is 37.3 Å². The standard InChI is InChI=1S/C25H36N6O3S/c1-16(2)14-26-21(32)12-13-30-23(34)18-9-5-7-11-20(18)31-24(30)28-29-25(31)35-15-22(33)27-19-10-6-4-8-17(19)3/h4,6,8,10,16,18,20,24,28H,5,7,9,11-15H2,1-3H3,(H,26,32)(H,27,33). The number of carbonyl (C=O) groups is 3. The maximum absolute atomic E-state index is 13.4. The minimum atomic E-state index is -0.415. The smallest absolute Gasteiger partial charge is 0.234 e. The number of nitrogens with zero attached hydrogens (tertiary/aromatic N) is 3. The fourth-order valence-electron chi connectivity index (χ4n) is 4.94. The van der Waals surface area contributed by atoms with E-state index in [-0.39, 0.29) is 41.9 Å². The van der Waals surface area contributed by atoms with Crippen LogP contribution in [0.15, 0.2) is 29.4 Å². The van der Waals surface area contributed by atoms with Crippen molar-refractivity contribution in [3.8, 4) is 0 Å². The minimum Gasteiger partial charge on any atom is -0.356 e. The second kappa shape index (κ2) is 11.3. The van der Waals surface area contributed by atoms with Gasteiger partial charge in [0.2, 0.25) is 17.7 Å². The first-order chi connectivity index (χ1) is 16.8. The Bertz CT molecular complexity index is 984. The van der Waals surface area contributed by atoms with E-state index >= 15 is 0 Å². The summed E-state index contributed by atoms with van der Waals surface area (Å²) >= 11 is 1.38. The summed E-state index contributed by atoms with van der Waals surface area (Å²) in [5.74, 6) is 0.444. The van der Waals surface area contributed by atoms with Gasteiger partial charge in [0, 0.05) is 31.2 Å². The lowest BCUT2D eigenvalue weighted by molar-refractivity contribution is -0.155. The second-order valence-corrected chi connectivity index (χ2v) is 10.8. The van der Waals surface area contributed by atoms with Gasteiger partial charge >= 0.3 is 0 Å². The monoisotopic (exact) mass is 500 g/mol. The van der Waals surface area contributed by atoms with Gasteiger partial charge in [0.15, 0.2) is 11.5 Å². The van der Waals surface area contributed by atoms with Crippen LogP contribution in [0.3, 0.4) is 0 Å². The molecule has 0 spiro atoms. The highest BCUT2D eigenvalue weighted by atomic mass is 32.2. The van der Waals surface area contributed by atoms with Crippen LogP contribution in [0.1, 0.15) is 51.5 Å². The Kier molecular flexibility index (Phi) is 8.20. The molecule has 35 heavy (non-hydrogen) atoms. The number of hydrogen-bond acceptors (Lipinski definition) is 7. The molecule has 2 aliphatic heterocycles. The predicted molar refractivity (Wildman–Crippen MR) is 138 cm³/mol. The highest BCUT2D eigenvalue weighted by Gasteiger charge is 2.50. The third-order valence-corrected chi connectivity index (χ3v) is 7.75. The summed E-state index contributed by atoms with van der Waals surface area (Å²) in [6.07, 6.45) is 3.70. The summed E-state index contributed by atoms with van der Waals surface area (Å²) in [6, 6.07) is 7.76. The van der Waals surface area contributed by atoms with Gasteiger partial charge in [0.05, 0.1) is 11.7 Å². The number of anilines is 1. The molecule has 3 N–H and O–H groups in total. The van der Waals surface area contributed by atoms with Crippen molar-refractivity contribution >= 4 is 40.3 Å². The first-order valence-electron chi connectivity index (χ1n) is 12.5. The summed E-state index contributed by atoms with van der Waals surface area (Å²) in [5.41, 5.74) is 4.93. The van der Waals surface area contributed by atoms with Crippen LogP contribution in [-0.2, 0) is 14.4 Å². The molecular formula is C25H36N6O3S. The number of para-hydroxylation sites is 1. The molecule has 1 saturated heterocycles. The summed E-state index contributed by atoms with van der Waals surface area (Å²) in [5, 5.41) is 11.1. The topological polar surface area (TPSA) is 106 Å². The van der Waals surface area contributed by atoms with Gasteiger partial charge in [-0.25, -0.2) is 0 Å². The number of amides is 3. The van der Waals surface area contributed by atoms with Crippen molar-refractivity contribution in [2.45, 2.75) is 65.2 Å². The molecule has 1 aromatic carbocycles. The summed E-state index contributed by atoms with van der Waals surface area (Å²) in [6.45, 7) is 7.02. The molecule has 3 amide bonds. The molecule has 3 unspecified atom stereocenters. The molecule has 2 fully saturated rings. The number of thioether (sulfide) groups is 1. The molecule has 1 aromatic rings. The number of hydrogen-bond donors (Lipinski definition) is 3. The van der Waals surface area contributed by atoms with Crippen LogP contribution in [-0.4, -0.2) is 63.9 Å². The van der Waals surface area contributed by atoms with Crippen molar-refractivity contribution in [1.82, 2.24) is 20.5 Å². The number of nitrogens with one attached hydrogen (secondary N) is 3. The Labute approximate surface area is 211 Å². The van der Waals surface area contributed by atoms with E-state index in [0.29, 0.717) is 19.0 Å². The van der Waals surface area contributed by atoms with Gasteiger partial charge in [-0.1, -0.05) is 56.7 Å². The maximum Gasteiger partial charge on any atom is 0.234 e. The zero-order valence-electron chi connectivity index (χ0n) is 20.8. The molecule has 190 valence electrons. The van der Waals surface area contributed by atoms with E-state index in [9.17, 15) is 14.4 Å². The van der Waals surface area contributed by atoms with Crippen molar-refractivity contribution in [2.75, 3.05) is 24.2 Å². The number of aryl methyl sites for hydroxylation is 1. The van der Waals surface area contributed by atoms with Gasteiger partial charge < -0.3 is 20.4 Å². The van der Waals surface area contributed by atoms with E-state index < -0.39 is 6.29 Å². The second-order valence-electron chi connectivity index (χ2n) is 9.89. The van der Waals surface area contributed by atoms with Crippen molar-refractivity contribution in [3.63, 3.8) is 0 Å². The van der Waals surface area contributed by atoms with Gasteiger partial charge in [0.1, 0.15) is 0 Å². The van der Waals surface area contributed by atoms with Gasteiger partial charge in [-0.3, -0.25) is 19.8 Å². The Morgan fingerprint density at radius 2 is 1.97 bits per heavy atom. The van der Waals surface area contributed by atoms with E-state index in [1.54, 1.807) is 4.90 Å². The molecule has 10 heteroatoms. The predicted octanol–water partition coefficient (Wildman–Crippen LogP) is 2.69. The quantitative estimate of drug-likeness (QED) is 0.507. The Morgan fingerprint density at radius 3 is 2.74 bits per heavy atom. The van der Waals surface area contributed by atoms with E-state index in [2.05, 4.69) is 39.9 Å². The van der Waals surface area contributed by atoms with Crippen LogP contribution in [0.4, 0.5) is 5.69 Å². The van der Waals surface area contributed by atoms with Crippen molar-refractivity contribution in [1.29, 1.82) is 0 Å². The lowest BCUT2D eigenvalue weighted by atomic mass is 9.81. The molecular weight excluding hydrogens is 464 g/mol. The van der Waals surface area contributed by atoms with Crippen LogP contribution >= 0.6 is 11.8 Å². The zero-order valence-corrected chi connectivity index (χ0v) is 21.6. The number of benzene rings is 1. The molecule has 0 radical (unpaired) electrons. The number of rotatable bonds is 8. The molecule has 1 saturated carbocycles. The molecule has 3 atom stereocenters. The van der Waals surface area contributed by atoms with Crippen LogP contribution in [0, 0.1) is 18.8 Å². The third-order valence-electron chi connectivity index (χ3n) is 6.78. The van der Waals surface area contributed by atoms with Crippen LogP contribution < -0.4 is 16.1 Å². The summed E-state index contributed by atoms with van der Waals surface area (Å²) in [4.78, 5) is 42.3. The Hall–Kier alpha value is -2.75. The van der Waals surface area contributed by atoms with Crippen molar-refractivity contribution in [3.05, 3.63) is 29.8 Å². The Morgan fingerprint density at radius 1 is 1.20 bits per heavy atom. The molecule has 0 aromatic heterocycles. The first-order valence-corrected chi connectivity index (χ1v) is 13.5. The average Bonchev–Trinajstić information content (AvgIpc) is 3.27. The Balaban J connectivity index is 1.40. The number of amidine groups is 1. The zero-order chi connectivity index (χ0) is 24.9. The normalized spacial score (nSPS) is 23.4. The van der Waals surface area contributed by atoms with E-state index in [4.69, 9.17) is 0 Å². The largest absolute Gasteiger partial charge is 0.356 e.